The van der Waals surface area contributed by atoms with Crippen LogP contribution in [0.2, 0.25) is 0 Å². The van der Waals surface area contributed by atoms with Crippen molar-refractivity contribution in [3.8, 4) is 0 Å². The fourth-order valence-corrected chi connectivity index (χ4v) is 3.96. The van der Waals surface area contributed by atoms with Crippen LogP contribution in [0.4, 0.5) is 0 Å². The maximum absolute atomic E-state index is 12.3. The molecule has 0 aliphatic carbocycles. The van der Waals surface area contributed by atoms with Crippen molar-refractivity contribution in [2.45, 2.75) is 45.4 Å². The van der Waals surface area contributed by atoms with Gasteiger partial charge in [-0.3, -0.25) is 14.6 Å². The molecule has 1 aromatic rings. The Bertz CT molecular complexity index is 536. The summed E-state index contributed by atoms with van der Waals surface area (Å²) in [6.45, 7) is 10.3. The van der Waals surface area contributed by atoms with Gasteiger partial charge in [0.2, 0.25) is 5.91 Å². The van der Waals surface area contributed by atoms with Crippen LogP contribution in [0.3, 0.4) is 0 Å². The number of thiazole rings is 1. The molecule has 0 saturated carbocycles. The molecule has 3 rings (SSSR count). The third kappa shape index (κ3) is 4.75. The predicted octanol–water partition coefficient (Wildman–Crippen LogP) is 1.25. The second kappa shape index (κ2) is 8.38. The molecule has 6 nitrogen and oxygen atoms in total. The molecule has 2 aliphatic rings. The van der Waals surface area contributed by atoms with Crippen molar-refractivity contribution >= 4 is 17.2 Å². The van der Waals surface area contributed by atoms with E-state index in [0.29, 0.717) is 6.54 Å². The van der Waals surface area contributed by atoms with Crippen LogP contribution in [-0.4, -0.2) is 72.2 Å². The van der Waals surface area contributed by atoms with E-state index in [-0.39, 0.29) is 18.1 Å². The quantitative estimate of drug-likeness (QED) is 0.835. The van der Waals surface area contributed by atoms with Gasteiger partial charge < -0.3 is 10.1 Å². The Kier molecular flexibility index (Phi) is 6.21. The van der Waals surface area contributed by atoms with Gasteiger partial charge in [-0.2, -0.15) is 0 Å². The Labute approximate surface area is 148 Å². The van der Waals surface area contributed by atoms with Crippen molar-refractivity contribution in [1.29, 1.82) is 0 Å². The average molecular weight is 353 g/mol. The second-order valence-electron chi connectivity index (χ2n) is 6.73. The number of hydrogen-bond acceptors (Lipinski definition) is 6. The first-order chi connectivity index (χ1) is 11.6. The Morgan fingerprint density at radius 3 is 2.88 bits per heavy atom. The lowest BCUT2D eigenvalue weighted by Gasteiger charge is -2.37. The Morgan fingerprint density at radius 2 is 2.25 bits per heavy atom. The molecule has 1 aromatic heterocycles. The van der Waals surface area contributed by atoms with Gasteiger partial charge >= 0.3 is 0 Å². The molecule has 2 aliphatic heterocycles. The molecule has 2 atom stereocenters. The summed E-state index contributed by atoms with van der Waals surface area (Å²) in [6.07, 6.45) is 2.37. The molecular weight excluding hydrogens is 324 g/mol. The van der Waals surface area contributed by atoms with Crippen LogP contribution in [0.1, 0.15) is 30.5 Å². The number of aryl methyl sites for hydroxylation is 1. The Morgan fingerprint density at radius 1 is 1.46 bits per heavy atom. The van der Waals surface area contributed by atoms with Crippen molar-refractivity contribution in [2.24, 2.45) is 0 Å². The van der Waals surface area contributed by atoms with Gasteiger partial charge in [0.25, 0.3) is 0 Å². The number of hydrogen-bond donors (Lipinski definition) is 1. The normalized spacial score (nSPS) is 24.2. The molecule has 1 amide bonds. The van der Waals surface area contributed by atoms with E-state index in [1.54, 1.807) is 11.3 Å². The zero-order valence-electron chi connectivity index (χ0n) is 14.7. The zero-order valence-corrected chi connectivity index (χ0v) is 15.5. The highest BCUT2D eigenvalue weighted by Crippen LogP contribution is 2.14. The summed E-state index contributed by atoms with van der Waals surface area (Å²) in [5.74, 6) is 0.120. The van der Waals surface area contributed by atoms with Gasteiger partial charge in [0.05, 0.1) is 22.8 Å². The number of rotatable bonds is 6. The molecule has 24 heavy (non-hydrogen) atoms. The van der Waals surface area contributed by atoms with E-state index in [1.165, 1.54) is 0 Å². The van der Waals surface area contributed by atoms with E-state index >= 15 is 0 Å². The van der Waals surface area contributed by atoms with Crippen LogP contribution in [0.25, 0.3) is 0 Å². The van der Waals surface area contributed by atoms with E-state index in [0.717, 1.165) is 62.9 Å². The lowest BCUT2D eigenvalue weighted by molar-refractivity contribution is -0.127. The van der Waals surface area contributed by atoms with Gasteiger partial charge in [-0.15, -0.1) is 11.3 Å². The standard InChI is InChI=1S/C17H28N4O2S/c1-13(17(22)18-10-16-4-3-9-23-16)21-7-5-20(6-8-21)11-15-12-24-14(2)19-15/h12-13,16H,3-11H2,1-2H3,(H,18,22)/t13-,16-/m1/s1. The van der Waals surface area contributed by atoms with Crippen LogP contribution in [-0.2, 0) is 16.1 Å². The fraction of sp³-hybridized carbons (Fsp3) is 0.765. The number of carbonyl (C=O) groups is 1. The van der Waals surface area contributed by atoms with Crippen LogP contribution in [0, 0.1) is 6.92 Å². The van der Waals surface area contributed by atoms with Crippen molar-refractivity contribution in [1.82, 2.24) is 20.1 Å². The molecule has 0 aromatic carbocycles. The van der Waals surface area contributed by atoms with Gasteiger partial charge in [0.1, 0.15) is 0 Å². The molecule has 2 fully saturated rings. The van der Waals surface area contributed by atoms with Crippen molar-refractivity contribution < 1.29 is 9.53 Å². The van der Waals surface area contributed by atoms with Crippen molar-refractivity contribution in [2.75, 3.05) is 39.3 Å². The first-order valence-electron chi connectivity index (χ1n) is 8.88. The van der Waals surface area contributed by atoms with Crippen LogP contribution in [0.5, 0.6) is 0 Å². The molecule has 134 valence electrons. The highest BCUT2D eigenvalue weighted by Gasteiger charge is 2.26. The van der Waals surface area contributed by atoms with Crippen LogP contribution in [0.15, 0.2) is 5.38 Å². The summed E-state index contributed by atoms with van der Waals surface area (Å²) >= 11 is 1.71. The maximum atomic E-state index is 12.3. The molecule has 2 saturated heterocycles. The monoisotopic (exact) mass is 352 g/mol. The number of nitrogens with one attached hydrogen (secondary N) is 1. The highest BCUT2D eigenvalue weighted by atomic mass is 32.1. The van der Waals surface area contributed by atoms with Gasteiger partial charge in [-0.25, -0.2) is 4.98 Å². The van der Waals surface area contributed by atoms with Crippen LogP contribution < -0.4 is 5.32 Å². The summed E-state index contributed by atoms with van der Waals surface area (Å²) in [6, 6.07) is -0.0740. The van der Waals surface area contributed by atoms with Gasteiger partial charge in [0, 0.05) is 51.3 Å². The van der Waals surface area contributed by atoms with Gasteiger partial charge in [0.15, 0.2) is 0 Å². The first-order valence-corrected chi connectivity index (χ1v) is 9.76. The van der Waals surface area contributed by atoms with Crippen LogP contribution >= 0.6 is 11.3 Å². The van der Waals surface area contributed by atoms with E-state index in [4.69, 9.17) is 4.74 Å². The van der Waals surface area contributed by atoms with E-state index < -0.39 is 0 Å². The average Bonchev–Trinajstić information content (AvgIpc) is 3.24. The molecule has 3 heterocycles. The fourth-order valence-electron chi connectivity index (χ4n) is 3.35. The highest BCUT2D eigenvalue weighted by molar-refractivity contribution is 7.09. The van der Waals surface area contributed by atoms with E-state index in [2.05, 4.69) is 25.5 Å². The number of ether oxygens (including phenoxy) is 1. The summed E-state index contributed by atoms with van der Waals surface area (Å²) in [5.41, 5.74) is 1.16. The molecule has 0 bridgehead atoms. The van der Waals surface area contributed by atoms with E-state index in [1.807, 2.05) is 13.8 Å². The molecule has 0 spiro atoms. The first kappa shape index (κ1) is 17.8. The Hall–Kier alpha value is -1.02. The van der Waals surface area contributed by atoms with Gasteiger partial charge in [-0.05, 0) is 26.7 Å². The Balaban J connectivity index is 1.39. The smallest absolute Gasteiger partial charge is 0.237 e. The topological polar surface area (TPSA) is 57.7 Å². The van der Waals surface area contributed by atoms with Gasteiger partial charge in [-0.1, -0.05) is 0 Å². The summed E-state index contributed by atoms with van der Waals surface area (Å²) in [5, 5.41) is 6.31. The number of carbonyl (C=O) groups excluding carboxylic acids is 1. The predicted molar refractivity (Wildman–Crippen MR) is 95.1 cm³/mol. The largest absolute Gasteiger partial charge is 0.376 e. The third-order valence-electron chi connectivity index (χ3n) is 4.91. The molecular formula is C17H28N4O2S. The minimum atomic E-state index is -0.0740. The molecule has 0 radical (unpaired) electrons. The zero-order chi connectivity index (χ0) is 16.9. The van der Waals surface area contributed by atoms with Crippen molar-refractivity contribution in [3.63, 3.8) is 0 Å². The maximum Gasteiger partial charge on any atom is 0.237 e. The van der Waals surface area contributed by atoms with E-state index in [9.17, 15) is 4.79 Å². The second-order valence-corrected chi connectivity index (χ2v) is 7.79. The number of nitrogens with zero attached hydrogens (tertiary/aromatic N) is 3. The minimum Gasteiger partial charge on any atom is -0.376 e. The summed E-state index contributed by atoms with van der Waals surface area (Å²) < 4.78 is 5.56. The SMILES string of the molecule is Cc1nc(CN2CCN([C@H](C)C(=O)NC[C@H]3CCCO3)CC2)cs1. The third-order valence-corrected chi connectivity index (χ3v) is 5.74. The molecule has 1 N–H and O–H groups in total. The lowest BCUT2D eigenvalue weighted by Crippen LogP contribution is -2.54. The number of piperazine rings is 1. The number of aromatic nitrogens is 1. The lowest BCUT2D eigenvalue weighted by atomic mass is 10.2. The van der Waals surface area contributed by atoms with Crippen molar-refractivity contribution in [3.05, 3.63) is 16.1 Å². The summed E-state index contributed by atoms with van der Waals surface area (Å²) in [4.78, 5) is 21.6. The molecule has 0 unspecified atom stereocenters. The summed E-state index contributed by atoms with van der Waals surface area (Å²) in [7, 11) is 0. The minimum absolute atomic E-state index is 0.0740. The number of amides is 1. The molecule has 7 heteroatoms.